The Morgan fingerprint density at radius 3 is 2.37 bits per heavy atom. The van der Waals surface area contributed by atoms with Crippen molar-refractivity contribution >= 4 is 29.9 Å². The molecule has 1 saturated heterocycles. The first-order valence-electron chi connectivity index (χ1n) is 8.69. The van der Waals surface area contributed by atoms with Crippen LogP contribution >= 0.6 is 24.0 Å². The molecule has 9 heteroatoms. The van der Waals surface area contributed by atoms with Crippen LogP contribution < -0.4 is 5.32 Å². The minimum atomic E-state index is -4.33. The minimum Gasteiger partial charge on any atom is -0.388 e. The zero-order chi connectivity index (χ0) is 19.2. The molecule has 0 bridgehead atoms. The molecule has 1 aliphatic heterocycles. The molecule has 5 nitrogen and oxygen atoms in total. The number of hydrogen-bond acceptors (Lipinski definition) is 3. The SMILES string of the molecule is CCNC(=NCC1(O)CCOCC1)N(C)Cc1ccc(C(F)(F)F)cc1.I. The highest BCUT2D eigenvalue weighted by Crippen LogP contribution is 2.29. The smallest absolute Gasteiger partial charge is 0.388 e. The van der Waals surface area contributed by atoms with Gasteiger partial charge in [0.2, 0.25) is 0 Å². The van der Waals surface area contributed by atoms with Crippen LogP contribution in [0.15, 0.2) is 29.3 Å². The molecule has 1 aromatic rings. The molecule has 2 N–H and O–H groups in total. The van der Waals surface area contributed by atoms with E-state index in [9.17, 15) is 18.3 Å². The molecule has 1 heterocycles. The van der Waals surface area contributed by atoms with Crippen molar-refractivity contribution in [2.24, 2.45) is 4.99 Å². The van der Waals surface area contributed by atoms with E-state index in [0.29, 0.717) is 45.1 Å². The summed E-state index contributed by atoms with van der Waals surface area (Å²) in [7, 11) is 1.81. The fourth-order valence-electron chi connectivity index (χ4n) is 2.75. The number of nitrogens with one attached hydrogen (secondary N) is 1. The van der Waals surface area contributed by atoms with E-state index in [1.807, 2.05) is 18.9 Å². The predicted molar refractivity (Wildman–Crippen MR) is 109 cm³/mol. The van der Waals surface area contributed by atoms with Gasteiger partial charge in [0.25, 0.3) is 0 Å². The molecule has 2 rings (SSSR count). The van der Waals surface area contributed by atoms with Gasteiger partial charge in [0.1, 0.15) is 0 Å². The lowest BCUT2D eigenvalue weighted by molar-refractivity contribution is -0.137. The van der Waals surface area contributed by atoms with Gasteiger partial charge in [-0.05, 0) is 24.6 Å². The van der Waals surface area contributed by atoms with Gasteiger partial charge in [-0.3, -0.25) is 4.99 Å². The van der Waals surface area contributed by atoms with Gasteiger partial charge in [-0.2, -0.15) is 13.2 Å². The average molecular weight is 501 g/mol. The summed E-state index contributed by atoms with van der Waals surface area (Å²) in [6.45, 7) is 4.29. The Bertz CT molecular complexity index is 603. The topological polar surface area (TPSA) is 57.1 Å². The summed E-state index contributed by atoms with van der Waals surface area (Å²) in [6, 6.07) is 5.10. The summed E-state index contributed by atoms with van der Waals surface area (Å²) in [5, 5.41) is 13.7. The fourth-order valence-corrected chi connectivity index (χ4v) is 2.75. The third-order valence-electron chi connectivity index (χ3n) is 4.34. The lowest BCUT2D eigenvalue weighted by atomic mass is 9.95. The molecule has 1 aromatic carbocycles. The summed E-state index contributed by atoms with van der Waals surface area (Å²) in [4.78, 5) is 6.34. The Balaban J connectivity index is 0.00000364. The number of halogens is 4. The van der Waals surface area contributed by atoms with E-state index >= 15 is 0 Å². The second-order valence-electron chi connectivity index (χ2n) is 6.56. The second-order valence-corrected chi connectivity index (χ2v) is 6.56. The van der Waals surface area contributed by atoms with Crippen LogP contribution in [0.1, 0.15) is 30.9 Å². The Labute approximate surface area is 175 Å². The van der Waals surface area contributed by atoms with Crippen LogP contribution in [0.4, 0.5) is 13.2 Å². The van der Waals surface area contributed by atoms with Crippen LogP contribution in [0.25, 0.3) is 0 Å². The Hall–Kier alpha value is -1.07. The monoisotopic (exact) mass is 501 g/mol. The molecule has 0 unspecified atom stereocenters. The quantitative estimate of drug-likeness (QED) is 0.370. The molecule has 0 saturated carbocycles. The number of aliphatic imine (C=N–C) groups is 1. The van der Waals surface area contributed by atoms with E-state index in [1.54, 1.807) is 0 Å². The first kappa shape index (κ1) is 24.0. The normalized spacial score (nSPS) is 17.2. The van der Waals surface area contributed by atoms with Crippen molar-refractivity contribution in [2.75, 3.05) is 33.4 Å². The number of nitrogens with zero attached hydrogens (tertiary/aromatic N) is 2. The third-order valence-corrected chi connectivity index (χ3v) is 4.34. The standard InChI is InChI=1S/C18H26F3N3O2.HI/c1-3-22-16(23-13-17(25)8-10-26-11-9-17)24(2)12-14-4-6-15(7-5-14)18(19,20)21;/h4-7,25H,3,8-13H2,1-2H3,(H,22,23);1H. The van der Waals surface area contributed by atoms with Crippen LogP contribution in [0, 0.1) is 0 Å². The average Bonchev–Trinajstić information content (AvgIpc) is 2.59. The van der Waals surface area contributed by atoms with Gasteiger partial charge in [0.05, 0.1) is 17.7 Å². The molecular weight excluding hydrogens is 474 g/mol. The highest BCUT2D eigenvalue weighted by molar-refractivity contribution is 14.0. The Morgan fingerprint density at radius 2 is 1.85 bits per heavy atom. The maximum absolute atomic E-state index is 12.7. The van der Waals surface area contributed by atoms with Crippen LogP contribution in [0.5, 0.6) is 0 Å². The highest BCUT2D eigenvalue weighted by atomic mass is 127. The van der Waals surface area contributed by atoms with Gasteiger partial charge in [-0.1, -0.05) is 12.1 Å². The van der Waals surface area contributed by atoms with E-state index in [1.165, 1.54) is 12.1 Å². The Kier molecular flexibility index (Phi) is 9.29. The molecule has 0 spiro atoms. The van der Waals surface area contributed by atoms with Gasteiger partial charge in [0, 0.05) is 46.2 Å². The van der Waals surface area contributed by atoms with Crippen molar-refractivity contribution in [3.8, 4) is 0 Å². The lowest BCUT2D eigenvalue weighted by Gasteiger charge is -2.31. The first-order chi connectivity index (χ1) is 12.2. The molecule has 1 fully saturated rings. The van der Waals surface area contributed by atoms with Crippen LogP contribution in [-0.2, 0) is 17.5 Å². The number of hydrogen-bond donors (Lipinski definition) is 2. The molecular formula is C18H27F3IN3O2. The first-order valence-corrected chi connectivity index (χ1v) is 8.69. The summed E-state index contributed by atoms with van der Waals surface area (Å²) in [6.07, 6.45) is -3.25. The third kappa shape index (κ3) is 7.46. The molecule has 154 valence electrons. The van der Waals surface area contributed by atoms with E-state index in [-0.39, 0.29) is 30.5 Å². The van der Waals surface area contributed by atoms with E-state index in [4.69, 9.17) is 4.74 Å². The van der Waals surface area contributed by atoms with Crippen molar-refractivity contribution in [1.82, 2.24) is 10.2 Å². The van der Waals surface area contributed by atoms with Crippen molar-refractivity contribution < 1.29 is 23.0 Å². The number of alkyl halides is 3. The zero-order valence-corrected chi connectivity index (χ0v) is 17.9. The van der Waals surface area contributed by atoms with Gasteiger partial charge in [0.15, 0.2) is 5.96 Å². The van der Waals surface area contributed by atoms with Gasteiger partial charge >= 0.3 is 6.18 Å². The summed E-state index contributed by atoms with van der Waals surface area (Å²) < 4.78 is 43.2. The molecule has 27 heavy (non-hydrogen) atoms. The summed E-state index contributed by atoms with van der Waals surface area (Å²) >= 11 is 0. The summed E-state index contributed by atoms with van der Waals surface area (Å²) in [5.74, 6) is 0.604. The lowest BCUT2D eigenvalue weighted by Crippen LogP contribution is -2.43. The molecule has 0 radical (unpaired) electrons. The fraction of sp³-hybridized carbons (Fsp3) is 0.611. The molecule has 0 atom stereocenters. The number of aliphatic hydroxyl groups is 1. The number of ether oxygens (including phenoxy) is 1. The van der Waals surface area contributed by atoms with Gasteiger partial charge < -0.3 is 20.1 Å². The number of rotatable bonds is 5. The van der Waals surface area contributed by atoms with Gasteiger partial charge in [-0.25, -0.2) is 0 Å². The predicted octanol–water partition coefficient (Wildman–Crippen LogP) is 3.26. The van der Waals surface area contributed by atoms with Crippen molar-refractivity contribution in [2.45, 2.75) is 38.1 Å². The number of guanidine groups is 1. The maximum atomic E-state index is 12.7. The van der Waals surface area contributed by atoms with Crippen LogP contribution in [0.2, 0.25) is 0 Å². The van der Waals surface area contributed by atoms with Crippen LogP contribution in [0.3, 0.4) is 0 Å². The second kappa shape index (κ2) is 10.5. The van der Waals surface area contributed by atoms with Crippen molar-refractivity contribution in [3.63, 3.8) is 0 Å². The zero-order valence-electron chi connectivity index (χ0n) is 15.6. The van der Waals surface area contributed by atoms with E-state index in [2.05, 4.69) is 10.3 Å². The Morgan fingerprint density at radius 1 is 1.26 bits per heavy atom. The molecule has 1 aliphatic rings. The van der Waals surface area contributed by atoms with Gasteiger partial charge in [-0.15, -0.1) is 24.0 Å². The maximum Gasteiger partial charge on any atom is 0.416 e. The molecule has 0 aromatic heterocycles. The van der Waals surface area contributed by atoms with Crippen LogP contribution in [-0.4, -0.2) is 54.9 Å². The highest BCUT2D eigenvalue weighted by Gasteiger charge is 2.30. The largest absolute Gasteiger partial charge is 0.416 e. The van der Waals surface area contributed by atoms with Crippen molar-refractivity contribution in [3.05, 3.63) is 35.4 Å². The number of benzene rings is 1. The minimum absolute atomic E-state index is 0. The van der Waals surface area contributed by atoms with Crippen molar-refractivity contribution in [1.29, 1.82) is 0 Å². The van der Waals surface area contributed by atoms with E-state index in [0.717, 1.165) is 17.7 Å². The molecule has 0 aliphatic carbocycles. The molecule has 0 amide bonds. The van der Waals surface area contributed by atoms with E-state index < -0.39 is 17.3 Å². The summed E-state index contributed by atoms with van der Waals surface area (Å²) in [5.41, 5.74) is -0.782.